The van der Waals surface area contributed by atoms with E-state index < -0.39 is 0 Å². The van der Waals surface area contributed by atoms with Crippen molar-refractivity contribution in [3.8, 4) is 22.9 Å². The highest BCUT2D eigenvalue weighted by Crippen LogP contribution is 2.23. The summed E-state index contributed by atoms with van der Waals surface area (Å²) < 4.78 is 14.8. The van der Waals surface area contributed by atoms with Crippen LogP contribution < -0.4 is 14.8 Å². The van der Waals surface area contributed by atoms with E-state index in [1.54, 1.807) is 31.4 Å². The number of amides is 1. The molecule has 0 unspecified atom stereocenters. The van der Waals surface area contributed by atoms with Crippen molar-refractivity contribution in [2.45, 2.75) is 6.92 Å². The lowest BCUT2D eigenvalue weighted by Crippen LogP contribution is -2.11. The minimum atomic E-state index is -0.236. The number of aromatic nitrogens is 2. The van der Waals surface area contributed by atoms with E-state index in [-0.39, 0.29) is 5.91 Å². The molecule has 3 rings (SSSR count). The van der Waals surface area contributed by atoms with Crippen LogP contribution in [0.25, 0.3) is 11.4 Å². The van der Waals surface area contributed by atoms with Gasteiger partial charge in [-0.05, 0) is 55.5 Å². The molecule has 0 aliphatic rings. The lowest BCUT2D eigenvalue weighted by molar-refractivity contribution is 0.102. The van der Waals surface area contributed by atoms with Crippen LogP contribution in [0.15, 0.2) is 48.5 Å². The van der Waals surface area contributed by atoms with Crippen LogP contribution in [-0.2, 0) is 0 Å². The molecular formula is C18H17N3O3S. The van der Waals surface area contributed by atoms with E-state index in [2.05, 4.69) is 14.7 Å². The van der Waals surface area contributed by atoms with Crippen LogP contribution in [0.5, 0.6) is 11.5 Å². The first kappa shape index (κ1) is 16.9. The van der Waals surface area contributed by atoms with Crippen molar-refractivity contribution < 1.29 is 14.3 Å². The number of nitrogens with one attached hydrogen (secondary N) is 1. The van der Waals surface area contributed by atoms with E-state index >= 15 is 0 Å². The van der Waals surface area contributed by atoms with Crippen LogP contribution in [0.3, 0.4) is 0 Å². The van der Waals surface area contributed by atoms with Gasteiger partial charge in [-0.2, -0.15) is 9.36 Å². The van der Waals surface area contributed by atoms with Crippen LogP contribution in [0.2, 0.25) is 0 Å². The number of hydrogen-bond donors (Lipinski definition) is 1. The Labute approximate surface area is 149 Å². The van der Waals surface area contributed by atoms with Crippen molar-refractivity contribution in [1.29, 1.82) is 0 Å². The fraction of sp³-hybridized carbons (Fsp3) is 0.167. The molecule has 0 saturated heterocycles. The summed E-state index contributed by atoms with van der Waals surface area (Å²) in [4.78, 5) is 16.6. The smallest absolute Gasteiger partial charge is 0.257 e. The van der Waals surface area contributed by atoms with Crippen LogP contribution >= 0.6 is 11.5 Å². The highest BCUT2D eigenvalue weighted by Gasteiger charge is 2.11. The Kier molecular flexibility index (Phi) is 5.25. The Morgan fingerprint density at radius 1 is 1.08 bits per heavy atom. The number of carbonyl (C=O) groups is 1. The summed E-state index contributed by atoms with van der Waals surface area (Å²) in [6, 6.07) is 14.4. The zero-order valence-corrected chi connectivity index (χ0v) is 14.7. The molecule has 6 nitrogen and oxygen atoms in total. The molecule has 128 valence electrons. The van der Waals surface area contributed by atoms with E-state index in [1.165, 1.54) is 0 Å². The number of anilines is 1. The molecule has 0 atom stereocenters. The second-order valence-corrected chi connectivity index (χ2v) is 5.81. The second kappa shape index (κ2) is 7.76. The fourth-order valence-corrected chi connectivity index (χ4v) is 2.75. The molecule has 1 N–H and O–H groups in total. The topological polar surface area (TPSA) is 73.3 Å². The lowest BCUT2D eigenvalue weighted by atomic mass is 10.2. The molecule has 3 aromatic rings. The molecular weight excluding hydrogens is 338 g/mol. The van der Waals surface area contributed by atoms with Crippen LogP contribution in [0.4, 0.5) is 5.13 Å². The Bertz CT molecular complexity index is 845. The first-order valence-corrected chi connectivity index (χ1v) is 8.49. The summed E-state index contributed by atoms with van der Waals surface area (Å²) in [6.07, 6.45) is 0. The first-order chi connectivity index (χ1) is 12.2. The van der Waals surface area contributed by atoms with Gasteiger partial charge in [-0.15, -0.1) is 0 Å². The van der Waals surface area contributed by atoms with Gasteiger partial charge in [0.05, 0.1) is 13.7 Å². The molecule has 0 aliphatic carbocycles. The average Bonchev–Trinajstić information content (AvgIpc) is 3.11. The van der Waals surface area contributed by atoms with Gasteiger partial charge < -0.3 is 9.47 Å². The summed E-state index contributed by atoms with van der Waals surface area (Å²) >= 11 is 1.14. The summed E-state index contributed by atoms with van der Waals surface area (Å²) in [5.74, 6) is 1.83. The van der Waals surface area contributed by atoms with E-state index in [0.29, 0.717) is 23.1 Å². The zero-order chi connectivity index (χ0) is 17.6. The molecule has 0 aliphatic heterocycles. The van der Waals surface area contributed by atoms with Crippen molar-refractivity contribution in [1.82, 2.24) is 9.36 Å². The van der Waals surface area contributed by atoms with E-state index in [1.807, 2.05) is 31.2 Å². The average molecular weight is 355 g/mol. The highest BCUT2D eigenvalue weighted by atomic mass is 32.1. The van der Waals surface area contributed by atoms with Crippen molar-refractivity contribution in [3.05, 3.63) is 54.1 Å². The zero-order valence-electron chi connectivity index (χ0n) is 13.9. The minimum absolute atomic E-state index is 0.236. The molecule has 0 saturated carbocycles. The molecule has 0 spiro atoms. The maximum atomic E-state index is 12.3. The van der Waals surface area contributed by atoms with E-state index in [0.717, 1.165) is 28.6 Å². The quantitative estimate of drug-likeness (QED) is 0.727. The Balaban J connectivity index is 1.68. The Morgan fingerprint density at radius 2 is 1.76 bits per heavy atom. The number of nitrogens with zero attached hydrogens (tertiary/aromatic N) is 2. The second-order valence-electron chi connectivity index (χ2n) is 5.06. The molecule has 7 heteroatoms. The van der Waals surface area contributed by atoms with Gasteiger partial charge in [0.1, 0.15) is 11.5 Å². The van der Waals surface area contributed by atoms with Gasteiger partial charge >= 0.3 is 0 Å². The van der Waals surface area contributed by atoms with E-state index in [9.17, 15) is 4.79 Å². The third-order valence-corrected chi connectivity index (χ3v) is 4.05. The van der Waals surface area contributed by atoms with Gasteiger partial charge in [-0.3, -0.25) is 10.1 Å². The molecule has 1 aromatic heterocycles. The van der Waals surface area contributed by atoms with Crippen LogP contribution in [0, 0.1) is 0 Å². The Hall–Kier alpha value is -2.93. The van der Waals surface area contributed by atoms with Gasteiger partial charge in [0.25, 0.3) is 5.91 Å². The molecule has 1 heterocycles. The fourth-order valence-electron chi connectivity index (χ4n) is 2.17. The maximum Gasteiger partial charge on any atom is 0.257 e. The van der Waals surface area contributed by atoms with Gasteiger partial charge in [0, 0.05) is 22.7 Å². The highest BCUT2D eigenvalue weighted by molar-refractivity contribution is 7.10. The summed E-state index contributed by atoms with van der Waals surface area (Å²) in [6.45, 7) is 2.50. The predicted molar refractivity (Wildman–Crippen MR) is 97.5 cm³/mol. The van der Waals surface area contributed by atoms with Gasteiger partial charge in [0.15, 0.2) is 5.82 Å². The first-order valence-electron chi connectivity index (χ1n) is 7.72. The lowest BCUT2D eigenvalue weighted by Gasteiger charge is -2.04. The minimum Gasteiger partial charge on any atom is -0.497 e. The number of ether oxygens (including phenoxy) is 2. The third kappa shape index (κ3) is 4.13. The monoisotopic (exact) mass is 355 g/mol. The number of hydrogen-bond acceptors (Lipinski definition) is 6. The number of rotatable bonds is 6. The molecule has 1 amide bonds. The van der Waals surface area contributed by atoms with Crippen LogP contribution in [0.1, 0.15) is 17.3 Å². The number of benzene rings is 2. The normalized spacial score (nSPS) is 10.3. The predicted octanol–water partition coefficient (Wildman–Crippen LogP) is 3.86. The summed E-state index contributed by atoms with van der Waals surface area (Å²) in [5, 5.41) is 3.21. The van der Waals surface area contributed by atoms with Crippen molar-refractivity contribution in [2.24, 2.45) is 0 Å². The number of methoxy groups -OCH3 is 1. The molecule has 0 fully saturated rings. The summed E-state index contributed by atoms with van der Waals surface area (Å²) in [5.41, 5.74) is 1.39. The van der Waals surface area contributed by atoms with Gasteiger partial charge in [-0.25, -0.2) is 0 Å². The van der Waals surface area contributed by atoms with E-state index in [4.69, 9.17) is 9.47 Å². The van der Waals surface area contributed by atoms with Crippen molar-refractivity contribution >= 4 is 22.6 Å². The van der Waals surface area contributed by atoms with Crippen molar-refractivity contribution in [3.63, 3.8) is 0 Å². The van der Waals surface area contributed by atoms with Crippen molar-refractivity contribution in [2.75, 3.05) is 19.0 Å². The van der Waals surface area contributed by atoms with Gasteiger partial charge in [0.2, 0.25) is 5.13 Å². The standard InChI is InChI=1S/C18H17N3O3S/c1-3-24-15-10-6-13(7-11-15)17(22)20-18-19-16(21-25-18)12-4-8-14(23-2)9-5-12/h4-11H,3H2,1-2H3,(H,19,20,21,22). The number of carbonyl (C=O) groups excluding carboxylic acids is 1. The van der Waals surface area contributed by atoms with Gasteiger partial charge in [-0.1, -0.05) is 0 Å². The molecule has 0 bridgehead atoms. The molecule has 25 heavy (non-hydrogen) atoms. The van der Waals surface area contributed by atoms with Crippen LogP contribution in [-0.4, -0.2) is 29.0 Å². The molecule has 0 radical (unpaired) electrons. The molecule has 2 aromatic carbocycles. The third-order valence-electron chi connectivity index (χ3n) is 3.42. The maximum absolute atomic E-state index is 12.3. The Morgan fingerprint density at radius 3 is 2.40 bits per heavy atom. The summed E-state index contributed by atoms with van der Waals surface area (Å²) in [7, 11) is 1.62. The largest absolute Gasteiger partial charge is 0.497 e. The SMILES string of the molecule is CCOc1ccc(C(=O)Nc2nc(-c3ccc(OC)cc3)ns2)cc1.